The number of hydrogen-bond acceptors (Lipinski definition) is 3. The highest BCUT2D eigenvalue weighted by atomic mass is 19.2. The maximum atomic E-state index is 12.7. The Morgan fingerprint density at radius 3 is 1.50 bits per heavy atom. The summed E-state index contributed by atoms with van der Waals surface area (Å²) >= 11 is 0. The van der Waals surface area contributed by atoms with E-state index in [2.05, 4.69) is 9.47 Å². The molecule has 0 radical (unpaired) electrons. The third kappa shape index (κ3) is 4.81. The van der Waals surface area contributed by atoms with Crippen molar-refractivity contribution >= 4 is 6.16 Å². The molecule has 0 heterocycles. The van der Waals surface area contributed by atoms with Crippen LogP contribution in [0.4, 0.5) is 22.4 Å². The van der Waals surface area contributed by atoms with Gasteiger partial charge in [0.2, 0.25) is 0 Å². The third-order valence-electron chi connectivity index (χ3n) is 1.42. The molecule has 0 bridgehead atoms. The number of carbonyl (C=O) groups excluding carboxylic acids is 1. The van der Waals surface area contributed by atoms with Crippen molar-refractivity contribution < 1.29 is 31.8 Å². The molecule has 7 heteroatoms. The van der Waals surface area contributed by atoms with Gasteiger partial charge in [-0.15, -0.1) is 0 Å². The molecule has 92 valence electrons. The average molecular weight is 242 g/mol. The summed E-state index contributed by atoms with van der Waals surface area (Å²) in [7, 11) is 0. The summed E-state index contributed by atoms with van der Waals surface area (Å²) < 4.78 is 56.7. The quantitative estimate of drug-likeness (QED) is 0.430. The van der Waals surface area contributed by atoms with Crippen molar-refractivity contribution in [2.45, 2.75) is 13.8 Å². The van der Waals surface area contributed by atoms with E-state index in [0.717, 1.165) is 13.8 Å². The molecule has 0 N–H and O–H groups in total. The van der Waals surface area contributed by atoms with Crippen molar-refractivity contribution in [3.05, 3.63) is 23.2 Å². The topological polar surface area (TPSA) is 35.5 Å². The van der Waals surface area contributed by atoms with Crippen LogP contribution in [-0.2, 0) is 9.47 Å². The lowest BCUT2D eigenvalue weighted by Crippen LogP contribution is -2.06. The van der Waals surface area contributed by atoms with Crippen LogP contribution < -0.4 is 0 Å². The van der Waals surface area contributed by atoms with Gasteiger partial charge in [0.1, 0.15) is 13.3 Å². The first kappa shape index (κ1) is 14.5. The summed E-state index contributed by atoms with van der Waals surface area (Å²) in [5.74, 6) is 0. The molecule has 0 aliphatic heterocycles. The van der Waals surface area contributed by atoms with Crippen molar-refractivity contribution in [1.82, 2.24) is 0 Å². The number of hydrogen-bond donors (Lipinski definition) is 0. The van der Waals surface area contributed by atoms with Gasteiger partial charge in [0.15, 0.2) is 0 Å². The minimum absolute atomic E-state index is 0.483. The van der Waals surface area contributed by atoms with Gasteiger partial charge in [0, 0.05) is 11.1 Å². The van der Waals surface area contributed by atoms with E-state index >= 15 is 0 Å². The number of allylic oxidation sites excluding steroid dienone is 2. The fourth-order valence-corrected chi connectivity index (χ4v) is 0.446. The molecule has 0 atom stereocenters. The molecule has 0 saturated heterocycles. The van der Waals surface area contributed by atoms with Gasteiger partial charge in [0.05, 0.1) is 0 Å². The monoisotopic (exact) mass is 242 g/mol. The van der Waals surface area contributed by atoms with E-state index in [4.69, 9.17) is 0 Å². The zero-order valence-corrected chi connectivity index (χ0v) is 8.65. The van der Waals surface area contributed by atoms with Gasteiger partial charge in [-0.05, 0) is 13.8 Å². The minimum Gasteiger partial charge on any atom is -0.366 e. The van der Waals surface area contributed by atoms with E-state index in [-0.39, 0.29) is 0 Å². The minimum atomic E-state index is -1.74. The molecule has 16 heavy (non-hydrogen) atoms. The molecule has 0 aromatic heterocycles. The van der Waals surface area contributed by atoms with Crippen molar-refractivity contribution in [3.63, 3.8) is 0 Å². The Hall–Kier alpha value is -1.53. The highest BCUT2D eigenvalue weighted by Crippen LogP contribution is 2.13. The van der Waals surface area contributed by atoms with E-state index < -0.39 is 42.7 Å². The fourth-order valence-electron chi connectivity index (χ4n) is 0.446. The second-order valence-electron chi connectivity index (χ2n) is 2.83. The van der Waals surface area contributed by atoms with Crippen molar-refractivity contribution in [3.8, 4) is 0 Å². The number of halogens is 4. The predicted molar refractivity (Wildman–Crippen MR) is 47.1 cm³/mol. The van der Waals surface area contributed by atoms with Crippen LogP contribution in [0.15, 0.2) is 23.2 Å². The lowest BCUT2D eigenvalue weighted by atomic mass is 10.4. The molecule has 0 amide bonds. The highest BCUT2D eigenvalue weighted by Gasteiger charge is 2.15. The van der Waals surface area contributed by atoms with E-state index in [9.17, 15) is 22.4 Å². The summed E-state index contributed by atoms with van der Waals surface area (Å²) in [5.41, 5.74) is -0.966. The molecule has 0 aliphatic carbocycles. The van der Waals surface area contributed by atoms with E-state index in [1.807, 2.05) is 0 Å². The summed E-state index contributed by atoms with van der Waals surface area (Å²) in [6.07, 6.45) is -1.74. The first-order valence-corrected chi connectivity index (χ1v) is 4.14. The van der Waals surface area contributed by atoms with E-state index in [1.165, 1.54) is 0 Å². The molecular weight excluding hydrogens is 232 g/mol. The third-order valence-corrected chi connectivity index (χ3v) is 1.42. The van der Waals surface area contributed by atoms with Gasteiger partial charge in [-0.2, -0.15) is 8.78 Å². The Morgan fingerprint density at radius 2 is 1.25 bits per heavy atom. The normalized spacial score (nSPS) is 13.9. The second-order valence-corrected chi connectivity index (χ2v) is 2.83. The molecule has 3 nitrogen and oxygen atoms in total. The van der Waals surface area contributed by atoms with Crippen LogP contribution >= 0.6 is 0 Å². The zero-order valence-electron chi connectivity index (χ0n) is 8.65. The standard InChI is InChI=1S/C9H10F4O3/c1-5(3-10)7(12)15-9(14)16-8(13)6(2)4-11/h3-4H2,1-2H3. The maximum absolute atomic E-state index is 12.7. The van der Waals surface area contributed by atoms with Gasteiger partial charge in [0.25, 0.3) is 12.0 Å². The maximum Gasteiger partial charge on any atom is 0.523 e. The Balaban J connectivity index is 4.42. The largest absolute Gasteiger partial charge is 0.523 e. The SMILES string of the molecule is CC(CF)=C(F)OC(=O)OC(F)=C(C)CF. The Morgan fingerprint density at radius 1 is 0.938 bits per heavy atom. The van der Waals surface area contributed by atoms with Crippen LogP contribution in [0.2, 0.25) is 0 Å². The number of rotatable bonds is 4. The smallest absolute Gasteiger partial charge is 0.366 e. The summed E-state index contributed by atoms with van der Waals surface area (Å²) in [6, 6.07) is -3.03. The molecule has 0 aliphatic rings. The first-order chi connectivity index (χ1) is 7.42. The van der Waals surface area contributed by atoms with Crippen LogP contribution in [0.3, 0.4) is 0 Å². The molecule has 0 aromatic rings. The van der Waals surface area contributed by atoms with Crippen LogP contribution in [0, 0.1) is 0 Å². The summed E-state index contributed by atoms with van der Waals surface area (Å²) in [6.45, 7) is -0.273. The van der Waals surface area contributed by atoms with Gasteiger partial charge in [-0.1, -0.05) is 0 Å². The molecule has 0 spiro atoms. The molecular formula is C9H10F4O3. The van der Waals surface area contributed by atoms with Gasteiger partial charge in [-0.3, -0.25) is 0 Å². The van der Waals surface area contributed by atoms with Gasteiger partial charge < -0.3 is 9.47 Å². The summed E-state index contributed by atoms with van der Waals surface area (Å²) in [4.78, 5) is 10.7. The van der Waals surface area contributed by atoms with Crippen LogP contribution in [-0.4, -0.2) is 19.5 Å². The van der Waals surface area contributed by atoms with Crippen molar-refractivity contribution in [2.24, 2.45) is 0 Å². The van der Waals surface area contributed by atoms with Crippen LogP contribution in [0.25, 0.3) is 0 Å². The molecule has 0 rings (SSSR count). The van der Waals surface area contributed by atoms with Crippen molar-refractivity contribution in [2.75, 3.05) is 13.3 Å². The van der Waals surface area contributed by atoms with Crippen LogP contribution in [0.5, 0.6) is 0 Å². The van der Waals surface area contributed by atoms with Crippen molar-refractivity contribution in [1.29, 1.82) is 0 Å². The first-order valence-electron chi connectivity index (χ1n) is 4.14. The second kappa shape index (κ2) is 6.86. The number of carbonyl (C=O) groups is 1. The van der Waals surface area contributed by atoms with Gasteiger partial charge in [-0.25, -0.2) is 13.6 Å². The summed E-state index contributed by atoms with van der Waals surface area (Å²) in [5, 5.41) is 0. The molecule has 0 unspecified atom stereocenters. The van der Waals surface area contributed by atoms with Crippen LogP contribution in [0.1, 0.15) is 13.8 Å². The Labute approximate surface area is 89.3 Å². The lowest BCUT2D eigenvalue weighted by molar-refractivity contribution is 0.0645. The fraction of sp³-hybridized carbons (Fsp3) is 0.444. The lowest BCUT2D eigenvalue weighted by Gasteiger charge is -2.04. The van der Waals surface area contributed by atoms with E-state index in [0.29, 0.717) is 0 Å². The molecule has 0 fully saturated rings. The van der Waals surface area contributed by atoms with E-state index in [1.54, 1.807) is 0 Å². The predicted octanol–water partition coefficient (Wildman–Crippen LogP) is 3.48. The number of alkyl halides is 2. The highest BCUT2D eigenvalue weighted by molar-refractivity contribution is 5.62. The molecule has 0 saturated carbocycles. The number of ether oxygens (including phenoxy) is 2. The average Bonchev–Trinajstić information content (AvgIpc) is 2.26. The van der Waals surface area contributed by atoms with Gasteiger partial charge >= 0.3 is 6.16 Å². The Kier molecular flexibility index (Phi) is 6.21. The Bertz CT molecular complexity index is 293. The zero-order chi connectivity index (χ0) is 12.7. The molecule has 0 aromatic carbocycles.